The average molecular weight is 349 g/mol. The highest BCUT2D eigenvalue weighted by atomic mass is 35.5. The zero-order valence-electron chi connectivity index (χ0n) is 11.9. The van der Waals surface area contributed by atoms with Gasteiger partial charge in [0.1, 0.15) is 0 Å². The normalized spacial score (nSPS) is 28.4. The first-order valence-corrected chi connectivity index (χ1v) is 8.50. The van der Waals surface area contributed by atoms with Gasteiger partial charge in [-0.3, -0.25) is 9.59 Å². The molecule has 2 N–H and O–H groups in total. The first-order valence-electron chi connectivity index (χ1n) is 7.31. The highest BCUT2D eigenvalue weighted by Gasteiger charge is 2.51. The molecule has 2 aliphatic carbocycles. The van der Waals surface area contributed by atoms with Crippen LogP contribution in [0.2, 0.25) is 5.02 Å². The van der Waals surface area contributed by atoms with Crippen LogP contribution in [0.25, 0.3) is 10.2 Å². The molecule has 2 aromatic rings. The number of aliphatic carboxylic acids is 1. The van der Waals surface area contributed by atoms with Crippen molar-refractivity contribution in [2.45, 2.75) is 6.42 Å². The summed E-state index contributed by atoms with van der Waals surface area (Å²) in [7, 11) is 0. The van der Waals surface area contributed by atoms with E-state index in [4.69, 9.17) is 11.6 Å². The Labute approximate surface area is 141 Å². The Hall–Kier alpha value is -1.92. The lowest BCUT2D eigenvalue weighted by molar-refractivity contribution is -0.146. The number of anilines is 1. The standard InChI is InChI=1S/C16H13ClN2O3S/c17-9-3-4-10-11(6-9)23-16(18-10)19-14(20)12-7-1-2-8(5-7)13(12)15(21)22/h1-4,6-8,12-13H,5H2,(H,21,22)(H,18,19,20)/t7-,8-,12+,13-/m0/s1. The maximum Gasteiger partial charge on any atom is 0.307 e. The van der Waals surface area contributed by atoms with Crippen LogP contribution in [-0.4, -0.2) is 22.0 Å². The molecule has 4 atom stereocenters. The summed E-state index contributed by atoms with van der Waals surface area (Å²) in [4.78, 5) is 28.5. The third kappa shape index (κ3) is 2.42. The third-order valence-corrected chi connectivity index (χ3v) is 5.80. The Morgan fingerprint density at radius 3 is 2.74 bits per heavy atom. The fourth-order valence-electron chi connectivity index (χ4n) is 3.66. The number of carbonyl (C=O) groups excluding carboxylic acids is 1. The number of nitrogens with one attached hydrogen (secondary N) is 1. The summed E-state index contributed by atoms with van der Waals surface area (Å²) in [5.41, 5.74) is 0.761. The number of benzene rings is 1. The van der Waals surface area contributed by atoms with Gasteiger partial charge in [-0.15, -0.1) is 0 Å². The molecule has 1 aromatic heterocycles. The van der Waals surface area contributed by atoms with Crippen molar-refractivity contribution in [2.24, 2.45) is 23.7 Å². The highest BCUT2D eigenvalue weighted by Crippen LogP contribution is 2.48. The number of thiazole rings is 1. The van der Waals surface area contributed by atoms with Crippen LogP contribution in [-0.2, 0) is 9.59 Å². The second-order valence-corrected chi connectivity index (χ2v) is 7.43. The number of hydrogen-bond donors (Lipinski definition) is 2. The molecule has 1 saturated carbocycles. The second kappa shape index (κ2) is 5.32. The number of carboxylic acids is 1. The molecule has 0 saturated heterocycles. The van der Waals surface area contributed by atoms with E-state index in [9.17, 15) is 14.7 Å². The number of rotatable bonds is 3. The Bertz CT molecular complexity index is 847. The van der Waals surface area contributed by atoms with Crippen molar-refractivity contribution in [3.05, 3.63) is 35.4 Å². The molecule has 2 bridgehead atoms. The Morgan fingerprint density at radius 1 is 1.26 bits per heavy atom. The van der Waals surface area contributed by atoms with E-state index in [0.29, 0.717) is 10.2 Å². The zero-order chi connectivity index (χ0) is 16.1. The highest BCUT2D eigenvalue weighted by molar-refractivity contribution is 7.22. The van der Waals surface area contributed by atoms with Crippen molar-refractivity contribution < 1.29 is 14.7 Å². The van der Waals surface area contributed by atoms with E-state index >= 15 is 0 Å². The molecular weight excluding hydrogens is 336 g/mol. The topological polar surface area (TPSA) is 79.3 Å². The number of amides is 1. The molecule has 0 spiro atoms. The molecule has 5 nitrogen and oxygen atoms in total. The van der Waals surface area contributed by atoms with E-state index in [0.717, 1.165) is 16.6 Å². The first kappa shape index (κ1) is 14.7. The predicted molar refractivity (Wildman–Crippen MR) is 88.6 cm³/mol. The van der Waals surface area contributed by atoms with Gasteiger partial charge in [-0.05, 0) is 36.5 Å². The van der Waals surface area contributed by atoms with Gasteiger partial charge in [0, 0.05) is 5.02 Å². The molecule has 2 aliphatic rings. The molecule has 0 radical (unpaired) electrons. The van der Waals surface area contributed by atoms with Gasteiger partial charge in [0.25, 0.3) is 0 Å². The predicted octanol–water partition coefficient (Wildman–Crippen LogP) is 3.41. The van der Waals surface area contributed by atoms with Crippen LogP contribution in [0.4, 0.5) is 5.13 Å². The summed E-state index contributed by atoms with van der Waals surface area (Å²) in [5.74, 6) is -2.38. The first-order chi connectivity index (χ1) is 11.0. The van der Waals surface area contributed by atoms with E-state index < -0.39 is 17.8 Å². The molecule has 23 heavy (non-hydrogen) atoms. The van der Waals surface area contributed by atoms with Gasteiger partial charge in [0.15, 0.2) is 5.13 Å². The Balaban J connectivity index is 1.59. The van der Waals surface area contributed by atoms with Gasteiger partial charge in [0.2, 0.25) is 5.91 Å². The van der Waals surface area contributed by atoms with E-state index in [-0.39, 0.29) is 17.7 Å². The van der Waals surface area contributed by atoms with Crippen LogP contribution >= 0.6 is 22.9 Å². The van der Waals surface area contributed by atoms with Crippen LogP contribution in [0.3, 0.4) is 0 Å². The SMILES string of the molecule is O=C(O)[C@@H]1[C@H](C(=O)Nc2nc3ccc(Cl)cc3s2)[C@H]2C=C[C@H]1C2. The summed E-state index contributed by atoms with van der Waals surface area (Å²) in [6, 6.07) is 5.34. The molecule has 1 heterocycles. The summed E-state index contributed by atoms with van der Waals surface area (Å²) in [5, 5.41) is 13.3. The number of carbonyl (C=O) groups is 2. The van der Waals surface area contributed by atoms with Gasteiger partial charge in [-0.2, -0.15) is 0 Å². The molecule has 1 aromatic carbocycles. The van der Waals surface area contributed by atoms with Gasteiger partial charge in [-0.25, -0.2) is 4.98 Å². The lowest BCUT2D eigenvalue weighted by Gasteiger charge is -2.23. The average Bonchev–Trinajstić information content (AvgIpc) is 3.18. The fraction of sp³-hybridized carbons (Fsp3) is 0.312. The van der Waals surface area contributed by atoms with Crippen LogP contribution < -0.4 is 5.32 Å². The van der Waals surface area contributed by atoms with Crippen molar-refractivity contribution in [2.75, 3.05) is 5.32 Å². The number of nitrogens with zero attached hydrogens (tertiary/aromatic N) is 1. The van der Waals surface area contributed by atoms with Crippen LogP contribution in [0, 0.1) is 23.7 Å². The molecule has 1 fully saturated rings. The number of halogens is 1. The molecular formula is C16H13ClN2O3S. The number of aromatic nitrogens is 1. The van der Waals surface area contributed by atoms with E-state index in [2.05, 4.69) is 10.3 Å². The monoisotopic (exact) mass is 348 g/mol. The molecule has 0 unspecified atom stereocenters. The number of fused-ring (bicyclic) bond motifs is 3. The second-order valence-electron chi connectivity index (χ2n) is 5.96. The van der Waals surface area contributed by atoms with E-state index in [1.165, 1.54) is 11.3 Å². The smallest absolute Gasteiger partial charge is 0.307 e. The maximum absolute atomic E-state index is 12.6. The minimum Gasteiger partial charge on any atom is -0.481 e. The third-order valence-electron chi connectivity index (χ3n) is 4.63. The minimum absolute atomic E-state index is 0.00456. The van der Waals surface area contributed by atoms with Crippen molar-refractivity contribution in [3.8, 4) is 0 Å². The lowest BCUT2D eigenvalue weighted by atomic mass is 9.82. The Morgan fingerprint density at radius 2 is 2.00 bits per heavy atom. The van der Waals surface area contributed by atoms with Gasteiger partial charge in [-0.1, -0.05) is 35.1 Å². The van der Waals surface area contributed by atoms with E-state index in [1.807, 2.05) is 12.2 Å². The van der Waals surface area contributed by atoms with Crippen molar-refractivity contribution >= 4 is 50.2 Å². The summed E-state index contributed by atoms with van der Waals surface area (Å²) in [6.07, 6.45) is 4.63. The van der Waals surface area contributed by atoms with Crippen molar-refractivity contribution in [3.63, 3.8) is 0 Å². The van der Waals surface area contributed by atoms with Gasteiger partial charge < -0.3 is 10.4 Å². The quantitative estimate of drug-likeness (QED) is 0.833. The van der Waals surface area contributed by atoms with Crippen LogP contribution in [0.5, 0.6) is 0 Å². The minimum atomic E-state index is -0.905. The molecule has 7 heteroatoms. The molecule has 118 valence electrons. The number of allylic oxidation sites excluding steroid dienone is 2. The zero-order valence-corrected chi connectivity index (χ0v) is 13.5. The largest absolute Gasteiger partial charge is 0.481 e. The molecule has 0 aliphatic heterocycles. The van der Waals surface area contributed by atoms with Crippen molar-refractivity contribution in [1.29, 1.82) is 0 Å². The number of carboxylic acid groups (broad SMARTS) is 1. The summed E-state index contributed by atoms with van der Waals surface area (Å²) < 4.78 is 0.885. The fourth-order valence-corrected chi connectivity index (χ4v) is 4.80. The maximum atomic E-state index is 12.6. The molecule has 1 amide bonds. The number of hydrogen-bond acceptors (Lipinski definition) is 4. The summed E-state index contributed by atoms with van der Waals surface area (Å²) in [6.45, 7) is 0. The van der Waals surface area contributed by atoms with Crippen LogP contribution in [0.1, 0.15) is 6.42 Å². The Kier molecular flexibility index (Phi) is 3.39. The van der Waals surface area contributed by atoms with E-state index in [1.54, 1.807) is 18.2 Å². The summed E-state index contributed by atoms with van der Waals surface area (Å²) >= 11 is 7.29. The molecule has 4 rings (SSSR count). The van der Waals surface area contributed by atoms with Gasteiger partial charge >= 0.3 is 5.97 Å². The van der Waals surface area contributed by atoms with Gasteiger partial charge in [0.05, 0.1) is 22.1 Å². The van der Waals surface area contributed by atoms with Crippen molar-refractivity contribution in [1.82, 2.24) is 4.98 Å². The lowest BCUT2D eigenvalue weighted by Crippen LogP contribution is -2.36. The van der Waals surface area contributed by atoms with Crippen LogP contribution in [0.15, 0.2) is 30.4 Å².